The van der Waals surface area contributed by atoms with Gasteiger partial charge < -0.3 is 20.7 Å². The van der Waals surface area contributed by atoms with Crippen LogP contribution in [0, 0.1) is 5.92 Å². The van der Waals surface area contributed by atoms with E-state index in [1.807, 2.05) is 0 Å². The van der Waals surface area contributed by atoms with Crippen molar-refractivity contribution in [2.75, 3.05) is 13.1 Å². The predicted octanol–water partition coefficient (Wildman–Crippen LogP) is -0.658. The Hall–Kier alpha value is -1.40. The average Bonchev–Trinajstić information content (AvgIpc) is 2.71. The second kappa shape index (κ2) is 5.29. The first kappa shape index (κ1) is 12.1. The van der Waals surface area contributed by atoms with Crippen molar-refractivity contribution in [3.05, 3.63) is 18.2 Å². The zero-order valence-electron chi connectivity index (χ0n) is 9.67. The van der Waals surface area contributed by atoms with Crippen molar-refractivity contribution in [3.8, 4) is 0 Å². The Labute approximate surface area is 99.8 Å². The third kappa shape index (κ3) is 3.04. The van der Waals surface area contributed by atoms with E-state index >= 15 is 0 Å². The number of imidazole rings is 1. The number of aliphatic hydroxyl groups excluding tert-OH is 1. The molecule has 17 heavy (non-hydrogen) atoms. The van der Waals surface area contributed by atoms with E-state index in [1.54, 1.807) is 17.1 Å². The van der Waals surface area contributed by atoms with E-state index in [-0.39, 0.29) is 12.0 Å². The van der Waals surface area contributed by atoms with Crippen LogP contribution < -0.4 is 11.1 Å². The maximum absolute atomic E-state index is 11.7. The maximum Gasteiger partial charge on any atom is 0.271 e. The largest absolute Gasteiger partial charge is 0.393 e. The molecule has 0 spiro atoms. The van der Waals surface area contributed by atoms with Crippen LogP contribution in [0.2, 0.25) is 0 Å². The van der Waals surface area contributed by atoms with Crippen LogP contribution in [-0.4, -0.2) is 39.8 Å². The third-order valence-corrected chi connectivity index (χ3v) is 3.02. The van der Waals surface area contributed by atoms with Crippen LogP contribution in [0.15, 0.2) is 12.5 Å². The van der Waals surface area contributed by atoms with Gasteiger partial charge in [-0.15, -0.1) is 0 Å². The highest BCUT2D eigenvalue weighted by Gasteiger charge is 2.27. The highest BCUT2D eigenvalue weighted by Crippen LogP contribution is 2.26. The summed E-state index contributed by atoms with van der Waals surface area (Å²) in [5.41, 5.74) is 5.83. The highest BCUT2D eigenvalue weighted by molar-refractivity contribution is 5.91. The molecular formula is C11H18N4O2. The molecule has 0 aromatic carbocycles. The van der Waals surface area contributed by atoms with Gasteiger partial charge in [0, 0.05) is 25.8 Å². The first-order valence-corrected chi connectivity index (χ1v) is 5.87. The molecule has 1 amide bonds. The van der Waals surface area contributed by atoms with Crippen LogP contribution in [0.3, 0.4) is 0 Å². The molecule has 0 bridgehead atoms. The van der Waals surface area contributed by atoms with Crippen LogP contribution >= 0.6 is 0 Å². The lowest BCUT2D eigenvalue weighted by Crippen LogP contribution is -2.38. The molecule has 1 aromatic rings. The lowest BCUT2D eigenvalue weighted by Gasteiger charge is -2.31. The lowest BCUT2D eigenvalue weighted by atomic mass is 9.82. The first-order chi connectivity index (χ1) is 8.19. The van der Waals surface area contributed by atoms with Crippen LogP contribution in [-0.2, 0) is 6.54 Å². The minimum Gasteiger partial charge on any atom is -0.393 e. The summed E-state index contributed by atoms with van der Waals surface area (Å²) in [6.45, 7) is 1.80. The van der Waals surface area contributed by atoms with Gasteiger partial charge in [-0.2, -0.15) is 0 Å². The fourth-order valence-electron chi connectivity index (χ4n) is 1.94. The molecule has 1 aromatic heterocycles. The number of nitrogens with zero attached hydrogens (tertiary/aromatic N) is 2. The van der Waals surface area contributed by atoms with Crippen molar-refractivity contribution in [2.45, 2.75) is 25.5 Å². The molecule has 1 heterocycles. The molecule has 4 N–H and O–H groups in total. The van der Waals surface area contributed by atoms with Crippen molar-refractivity contribution in [2.24, 2.45) is 11.7 Å². The van der Waals surface area contributed by atoms with Crippen LogP contribution in [0.1, 0.15) is 23.3 Å². The molecule has 6 nitrogen and oxygen atoms in total. The predicted molar refractivity (Wildman–Crippen MR) is 62.3 cm³/mol. The van der Waals surface area contributed by atoms with Gasteiger partial charge in [-0.05, 0) is 18.8 Å². The summed E-state index contributed by atoms with van der Waals surface area (Å²) >= 11 is 0. The highest BCUT2D eigenvalue weighted by atomic mass is 16.3. The normalized spacial score (nSPS) is 23.2. The second-order valence-electron chi connectivity index (χ2n) is 4.49. The molecule has 94 valence electrons. The number of aliphatic hydroxyl groups is 1. The Morgan fingerprint density at radius 3 is 3.06 bits per heavy atom. The van der Waals surface area contributed by atoms with Crippen molar-refractivity contribution >= 4 is 5.91 Å². The van der Waals surface area contributed by atoms with Crippen molar-refractivity contribution in [3.63, 3.8) is 0 Å². The topological polar surface area (TPSA) is 93.2 Å². The van der Waals surface area contributed by atoms with E-state index in [0.717, 1.165) is 12.8 Å². The summed E-state index contributed by atoms with van der Waals surface area (Å²) in [7, 11) is 0. The SMILES string of the molecule is NCCn1cnc(C(=O)NCC2CC(O)C2)c1. The quantitative estimate of drug-likeness (QED) is 0.635. The molecule has 6 heteroatoms. The van der Waals surface area contributed by atoms with Gasteiger partial charge in [-0.25, -0.2) is 4.98 Å². The summed E-state index contributed by atoms with van der Waals surface area (Å²) in [4.78, 5) is 15.7. The van der Waals surface area contributed by atoms with Crippen LogP contribution in [0.5, 0.6) is 0 Å². The average molecular weight is 238 g/mol. The fraction of sp³-hybridized carbons (Fsp3) is 0.636. The molecule has 0 unspecified atom stereocenters. The van der Waals surface area contributed by atoms with Gasteiger partial charge in [0.1, 0.15) is 5.69 Å². The monoisotopic (exact) mass is 238 g/mol. The minimum absolute atomic E-state index is 0.165. The van der Waals surface area contributed by atoms with Gasteiger partial charge in [0.2, 0.25) is 0 Å². The van der Waals surface area contributed by atoms with Crippen molar-refractivity contribution in [1.29, 1.82) is 0 Å². The molecule has 0 radical (unpaired) electrons. The Bertz CT molecular complexity index is 385. The third-order valence-electron chi connectivity index (χ3n) is 3.02. The summed E-state index contributed by atoms with van der Waals surface area (Å²) in [5.74, 6) is 0.238. The van der Waals surface area contributed by atoms with E-state index in [2.05, 4.69) is 10.3 Å². The molecule has 2 rings (SSSR count). The molecule has 1 aliphatic carbocycles. The molecular weight excluding hydrogens is 220 g/mol. The smallest absolute Gasteiger partial charge is 0.271 e. The number of amides is 1. The number of carbonyl (C=O) groups is 1. The standard InChI is InChI=1S/C11H18N4O2/c12-1-2-15-6-10(14-7-15)11(17)13-5-8-3-9(16)4-8/h6-9,16H,1-5,12H2,(H,13,17). The number of rotatable bonds is 5. The van der Waals surface area contributed by atoms with Crippen LogP contribution in [0.25, 0.3) is 0 Å². The number of nitrogens with one attached hydrogen (secondary N) is 1. The van der Waals surface area contributed by atoms with Crippen molar-refractivity contribution < 1.29 is 9.90 Å². The molecule has 0 aliphatic heterocycles. The van der Waals surface area contributed by atoms with E-state index in [4.69, 9.17) is 10.8 Å². The van der Waals surface area contributed by atoms with Crippen LogP contribution in [0.4, 0.5) is 0 Å². The fourth-order valence-corrected chi connectivity index (χ4v) is 1.94. The Balaban J connectivity index is 1.78. The molecule has 0 atom stereocenters. The Kier molecular flexibility index (Phi) is 3.75. The van der Waals surface area contributed by atoms with Crippen molar-refractivity contribution in [1.82, 2.24) is 14.9 Å². The van der Waals surface area contributed by atoms with Gasteiger partial charge in [0.05, 0.1) is 12.4 Å². The zero-order valence-corrected chi connectivity index (χ0v) is 9.67. The van der Waals surface area contributed by atoms with Gasteiger partial charge in [0.15, 0.2) is 0 Å². The molecule has 0 saturated heterocycles. The first-order valence-electron chi connectivity index (χ1n) is 5.87. The number of carbonyl (C=O) groups excluding carboxylic acids is 1. The Morgan fingerprint density at radius 2 is 2.41 bits per heavy atom. The van der Waals surface area contributed by atoms with E-state index < -0.39 is 0 Å². The van der Waals surface area contributed by atoms with Gasteiger partial charge in [-0.3, -0.25) is 4.79 Å². The number of nitrogens with two attached hydrogens (primary N) is 1. The molecule has 1 fully saturated rings. The molecule has 1 aliphatic rings. The van der Waals surface area contributed by atoms with E-state index in [1.165, 1.54) is 0 Å². The number of aromatic nitrogens is 2. The summed E-state index contributed by atoms with van der Waals surface area (Å²) in [5, 5.41) is 11.9. The summed E-state index contributed by atoms with van der Waals surface area (Å²) in [6, 6.07) is 0. The van der Waals surface area contributed by atoms with E-state index in [0.29, 0.717) is 31.2 Å². The van der Waals surface area contributed by atoms with Gasteiger partial charge >= 0.3 is 0 Å². The van der Waals surface area contributed by atoms with Gasteiger partial charge in [0.25, 0.3) is 5.91 Å². The number of hydrogen-bond acceptors (Lipinski definition) is 4. The minimum atomic E-state index is -0.180. The summed E-state index contributed by atoms with van der Waals surface area (Å²) < 4.78 is 1.79. The lowest BCUT2D eigenvalue weighted by molar-refractivity contribution is 0.0420. The zero-order chi connectivity index (χ0) is 12.3. The van der Waals surface area contributed by atoms with E-state index in [9.17, 15) is 4.79 Å². The van der Waals surface area contributed by atoms with Gasteiger partial charge in [-0.1, -0.05) is 0 Å². The summed E-state index contributed by atoms with van der Waals surface area (Å²) in [6.07, 6.45) is 4.68. The Morgan fingerprint density at radius 1 is 1.65 bits per heavy atom. The molecule has 1 saturated carbocycles. The second-order valence-corrected chi connectivity index (χ2v) is 4.49. The maximum atomic E-state index is 11.7. The number of hydrogen-bond donors (Lipinski definition) is 3.